The van der Waals surface area contributed by atoms with E-state index in [1.807, 2.05) is 12.3 Å². The van der Waals surface area contributed by atoms with Crippen LogP contribution in [0.5, 0.6) is 0 Å². The van der Waals surface area contributed by atoms with Gasteiger partial charge >= 0.3 is 0 Å². The highest BCUT2D eigenvalue weighted by Gasteiger charge is 2.37. The molecule has 0 amide bonds. The Morgan fingerprint density at radius 1 is 1.30 bits per heavy atom. The Kier molecular flexibility index (Phi) is 6.43. The fourth-order valence-corrected chi connectivity index (χ4v) is 3.21. The van der Waals surface area contributed by atoms with Crippen molar-refractivity contribution in [2.75, 3.05) is 26.4 Å². The second kappa shape index (κ2) is 7.60. The summed E-state index contributed by atoms with van der Waals surface area (Å²) in [5, 5.41) is 3.66. The third-order valence-corrected chi connectivity index (χ3v) is 4.58. The summed E-state index contributed by atoms with van der Waals surface area (Å²) in [6, 6.07) is 2.25. The third kappa shape index (κ3) is 3.49. The van der Waals surface area contributed by atoms with Crippen LogP contribution in [0.25, 0.3) is 0 Å². The van der Waals surface area contributed by atoms with Crippen LogP contribution in [0.2, 0.25) is 0 Å². The molecule has 1 heterocycles. The summed E-state index contributed by atoms with van der Waals surface area (Å²) in [5.41, 5.74) is 8.19. The number of rotatable bonds is 8. The number of nitrogens with one attached hydrogen (secondary N) is 1. The molecule has 0 bridgehead atoms. The number of nitrogens with zero attached hydrogens (tertiary/aromatic N) is 2. The molecular formula is C16H30N4. The second-order valence-electron chi connectivity index (χ2n) is 5.59. The number of nitrogen functional groups attached to an aromatic ring is 1. The molecule has 20 heavy (non-hydrogen) atoms. The molecule has 0 aliphatic heterocycles. The molecule has 0 aliphatic rings. The number of hydrogen-bond donors (Lipinski definition) is 2. The zero-order valence-corrected chi connectivity index (χ0v) is 13.6. The van der Waals surface area contributed by atoms with E-state index in [-0.39, 0.29) is 5.54 Å². The molecule has 1 rings (SSSR count). The minimum Gasteiger partial charge on any atom is -0.398 e. The summed E-state index contributed by atoms with van der Waals surface area (Å²) < 4.78 is 0. The van der Waals surface area contributed by atoms with Gasteiger partial charge in [-0.25, -0.2) is 0 Å². The van der Waals surface area contributed by atoms with E-state index >= 15 is 0 Å². The molecular weight excluding hydrogens is 248 g/mol. The van der Waals surface area contributed by atoms with Crippen molar-refractivity contribution in [2.45, 2.75) is 51.6 Å². The zero-order valence-electron chi connectivity index (χ0n) is 13.6. The van der Waals surface area contributed by atoms with Gasteiger partial charge in [-0.2, -0.15) is 0 Å². The monoisotopic (exact) mass is 278 g/mol. The van der Waals surface area contributed by atoms with Crippen molar-refractivity contribution in [3.63, 3.8) is 0 Å². The van der Waals surface area contributed by atoms with Crippen LogP contribution >= 0.6 is 0 Å². The lowest BCUT2D eigenvalue weighted by Gasteiger charge is -2.45. The molecule has 0 fully saturated rings. The number of anilines is 1. The molecule has 0 aromatic carbocycles. The SMILES string of the molecule is CCNC(Cc1cnccc1N)C(CC)(CC)N(C)C. The van der Waals surface area contributed by atoms with Crippen LogP contribution in [0.1, 0.15) is 39.2 Å². The molecule has 1 unspecified atom stereocenters. The third-order valence-electron chi connectivity index (χ3n) is 4.58. The molecule has 1 aromatic rings. The van der Waals surface area contributed by atoms with Crippen molar-refractivity contribution < 1.29 is 0 Å². The Hall–Kier alpha value is -1.13. The summed E-state index contributed by atoms with van der Waals surface area (Å²) in [4.78, 5) is 6.57. The predicted molar refractivity (Wildman–Crippen MR) is 86.8 cm³/mol. The number of nitrogens with two attached hydrogens (primary N) is 1. The van der Waals surface area contributed by atoms with Gasteiger partial charge in [-0.3, -0.25) is 4.98 Å². The van der Waals surface area contributed by atoms with Crippen molar-refractivity contribution in [3.05, 3.63) is 24.0 Å². The van der Waals surface area contributed by atoms with Gasteiger partial charge < -0.3 is 16.0 Å². The zero-order chi connectivity index (χ0) is 15.2. The van der Waals surface area contributed by atoms with Gasteiger partial charge in [0.25, 0.3) is 0 Å². The molecule has 3 N–H and O–H groups in total. The van der Waals surface area contributed by atoms with Gasteiger partial charge in [0, 0.05) is 29.7 Å². The van der Waals surface area contributed by atoms with Crippen molar-refractivity contribution in [1.29, 1.82) is 0 Å². The normalized spacial score (nSPS) is 13.7. The molecule has 114 valence electrons. The maximum absolute atomic E-state index is 6.09. The van der Waals surface area contributed by atoms with Crippen molar-refractivity contribution in [3.8, 4) is 0 Å². The van der Waals surface area contributed by atoms with Crippen LogP contribution in [-0.2, 0) is 6.42 Å². The van der Waals surface area contributed by atoms with Gasteiger partial charge in [0.15, 0.2) is 0 Å². The Balaban J connectivity index is 3.06. The Morgan fingerprint density at radius 3 is 2.40 bits per heavy atom. The highest BCUT2D eigenvalue weighted by Crippen LogP contribution is 2.29. The van der Waals surface area contributed by atoms with Crippen LogP contribution < -0.4 is 11.1 Å². The maximum atomic E-state index is 6.09. The summed E-state index contributed by atoms with van der Waals surface area (Å²) in [7, 11) is 4.34. The molecule has 0 spiro atoms. The first-order valence-electron chi connectivity index (χ1n) is 7.60. The quantitative estimate of drug-likeness (QED) is 0.766. The fourth-order valence-electron chi connectivity index (χ4n) is 3.21. The summed E-state index contributed by atoms with van der Waals surface area (Å²) in [6.07, 6.45) is 6.77. The minimum absolute atomic E-state index is 0.137. The summed E-state index contributed by atoms with van der Waals surface area (Å²) in [6.45, 7) is 7.65. The summed E-state index contributed by atoms with van der Waals surface area (Å²) >= 11 is 0. The highest BCUT2D eigenvalue weighted by atomic mass is 15.2. The Morgan fingerprint density at radius 2 is 1.95 bits per heavy atom. The van der Waals surface area contributed by atoms with Crippen LogP contribution in [0.3, 0.4) is 0 Å². The number of aromatic nitrogens is 1. The first-order valence-corrected chi connectivity index (χ1v) is 7.60. The number of hydrogen-bond acceptors (Lipinski definition) is 4. The standard InChI is InChI=1S/C16H30N4/c1-6-16(7-2,20(4)5)15(19-8-3)11-13-12-18-10-9-14(13)17/h9-10,12,15,19H,6-8,11H2,1-5H3,(H2,17,18). The van der Waals surface area contributed by atoms with Gasteiger partial charge in [-0.15, -0.1) is 0 Å². The lowest BCUT2D eigenvalue weighted by atomic mass is 9.80. The fraction of sp³-hybridized carbons (Fsp3) is 0.688. The first kappa shape index (κ1) is 16.9. The topological polar surface area (TPSA) is 54.2 Å². The molecule has 4 heteroatoms. The molecule has 0 saturated heterocycles. The lowest BCUT2D eigenvalue weighted by Crippen LogP contribution is -2.59. The van der Waals surface area contributed by atoms with E-state index in [9.17, 15) is 0 Å². The average Bonchev–Trinajstić information content (AvgIpc) is 2.43. The van der Waals surface area contributed by atoms with Gasteiger partial charge in [0.2, 0.25) is 0 Å². The van der Waals surface area contributed by atoms with E-state index < -0.39 is 0 Å². The lowest BCUT2D eigenvalue weighted by molar-refractivity contribution is 0.0889. The van der Waals surface area contributed by atoms with Crippen molar-refractivity contribution in [2.24, 2.45) is 0 Å². The highest BCUT2D eigenvalue weighted by molar-refractivity contribution is 5.45. The molecule has 1 atom stereocenters. The largest absolute Gasteiger partial charge is 0.398 e. The number of likely N-dealkylation sites (N-methyl/N-ethyl adjacent to an activating group) is 2. The maximum Gasteiger partial charge on any atom is 0.0378 e. The molecule has 1 aromatic heterocycles. The van der Waals surface area contributed by atoms with E-state index in [1.165, 1.54) is 0 Å². The van der Waals surface area contributed by atoms with Crippen LogP contribution in [0.4, 0.5) is 5.69 Å². The average molecular weight is 278 g/mol. The van der Waals surface area contributed by atoms with Gasteiger partial charge in [-0.05, 0) is 51.5 Å². The van der Waals surface area contributed by atoms with E-state index in [2.05, 4.69) is 50.1 Å². The minimum atomic E-state index is 0.137. The van der Waals surface area contributed by atoms with Crippen molar-refractivity contribution >= 4 is 5.69 Å². The molecule has 0 saturated carbocycles. The van der Waals surface area contributed by atoms with Crippen molar-refractivity contribution in [1.82, 2.24) is 15.2 Å². The van der Waals surface area contributed by atoms with Crippen LogP contribution in [-0.4, -0.2) is 42.1 Å². The van der Waals surface area contributed by atoms with Gasteiger partial charge in [0.1, 0.15) is 0 Å². The summed E-state index contributed by atoms with van der Waals surface area (Å²) in [5.74, 6) is 0. The number of pyridine rings is 1. The molecule has 0 aliphatic carbocycles. The second-order valence-corrected chi connectivity index (χ2v) is 5.59. The Bertz CT molecular complexity index is 399. The van der Waals surface area contributed by atoms with E-state index in [0.29, 0.717) is 6.04 Å². The van der Waals surface area contributed by atoms with Crippen LogP contribution in [0, 0.1) is 0 Å². The molecule has 0 radical (unpaired) electrons. The smallest absolute Gasteiger partial charge is 0.0378 e. The first-order chi connectivity index (χ1) is 9.51. The predicted octanol–water partition coefficient (Wildman–Crippen LogP) is 2.30. The van der Waals surface area contributed by atoms with E-state index in [4.69, 9.17) is 5.73 Å². The van der Waals surface area contributed by atoms with Crippen LogP contribution in [0.15, 0.2) is 18.5 Å². The van der Waals surface area contributed by atoms with Gasteiger partial charge in [-0.1, -0.05) is 20.8 Å². The Labute approximate surface area is 123 Å². The molecule has 4 nitrogen and oxygen atoms in total. The van der Waals surface area contributed by atoms with E-state index in [0.717, 1.165) is 37.1 Å². The van der Waals surface area contributed by atoms with E-state index in [1.54, 1.807) is 6.20 Å². The van der Waals surface area contributed by atoms with Gasteiger partial charge in [0.05, 0.1) is 0 Å².